The highest BCUT2D eigenvalue weighted by Crippen LogP contribution is 2.16. The van der Waals surface area contributed by atoms with Crippen LogP contribution in [0.1, 0.15) is 5.56 Å². The van der Waals surface area contributed by atoms with E-state index < -0.39 is 17.7 Å². The summed E-state index contributed by atoms with van der Waals surface area (Å²) in [4.78, 5) is 34.3. The Bertz CT molecular complexity index is 854. The molecule has 0 spiro atoms. The highest BCUT2D eigenvalue weighted by atomic mass is 35.5. The molecule has 2 aromatic carbocycles. The van der Waals surface area contributed by atoms with Gasteiger partial charge in [-0.15, -0.1) is 0 Å². The van der Waals surface area contributed by atoms with Crippen molar-refractivity contribution in [1.82, 2.24) is 5.43 Å². The number of hydrogen-bond donors (Lipinski definition) is 3. The second kappa shape index (κ2) is 9.19. The molecule has 0 aliphatic heterocycles. The van der Waals surface area contributed by atoms with E-state index >= 15 is 0 Å². The maximum Gasteiger partial charge on any atom is 0.329 e. The van der Waals surface area contributed by atoms with E-state index in [4.69, 9.17) is 22.1 Å². The minimum Gasteiger partial charge on any atom is -0.483 e. The lowest BCUT2D eigenvalue weighted by Gasteiger charge is -2.07. The van der Waals surface area contributed by atoms with E-state index in [-0.39, 0.29) is 6.61 Å². The molecule has 0 saturated heterocycles. The second-order valence-electron chi connectivity index (χ2n) is 4.96. The van der Waals surface area contributed by atoms with E-state index in [1.807, 2.05) is 0 Å². The van der Waals surface area contributed by atoms with E-state index in [1.54, 1.807) is 42.5 Å². The van der Waals surface area contributed by atoms with Gasteiger partial charge in [-0.3, -0.25) is 14.4 Å². The van der Waals surface area contributed by atoms with Gasteiger partial charge in [0.2, 0.25) is 0 Å². The fourth-order valence-corrected chi connectivity index (χ4v) is 2.02. The number of hydrazone groups is 1. The molecule has 3 amide bonds. The molecule has 2 aromatic rings. The first-order valence-corrected chi connectivity index (χ1v) is 7.73. The fourth-order valence-electron chi connectivity index (χ4n) is 1.83. The summed E-state index contributed by atoms with van der Waals surface area (Å²) in [5.74, 6) is -2.13. The summed E-state index contributed by atoms with van der Waals surface area (Å²) < 4.78 is 5.22. The van der Waals surface area contributed by atoms with Crippen LogP contribution in [-0.2, 0) is 14.4 Å². The van der Waals surface area contributed by atoms with Gasteiger partial charge in [-0.2, -0.15) is 5.10 Å². The predicted octanol–water partition coefficient (Wildman–Crippen LogP) is 1.29. The molecule has 134 valence electrons. The standard InChI is InChI=1S/C17H15ClN4O4/c18-12-5-3-6-13(8-12)21-16(24)17(25)22-20-9-11-4-1-2-7-14(11)26-10-15(19)23/h1-9H,10H2,(H2,19,23)(H,21,24)(H,22,25)/b20-9-. The van der Waals surface area contributed by atoms with Crippen LogP contribution in [-0.4, -0.2) is 30.5 Å². The number of halogens is 1. The lowest BCUT2D eigenvalue weighted by atomic mass is 10.2. The molecule has 0 aliphatic rings. The number of benzene rings is 2. The largest absolute Gasteiger partial charge is 0.483 e. The molecule has 0 aliphatic carbocycles. The zero-order chi connectivity index (χ0) is 18.9. The molecular weight excluding hydrogens is 360 g/mol. The van der Waals surface area contributed by atoms with Crippen LogP contribution in [0, 0.1) is 0 Å². The van der Waals surface area contributed by atoms with Gasteiger partial charge in [0.1, 0.15) is 5.75 Å². The van der Waals surface area contributed by atoms with E-state index in [1.165, 1.54) is 12.3 Å². The molecule has 9 heteroatoms. The number of nitrogens with zero attached hydrogens (tertiary/aromatic N) is 1. The first-order chi connectivity index (χ1) is 12.5. The van der Waals surface area contributed by atoms with Crippen molar-refractivity contribution >= 4 is 41.2 Å². The summed E-state index contributed by atoms with van der Waals surface area (Å²) in [6, 6.07) is 13.0. The zero-order valence-electron chi connectivity index (χ0n) is 13.4. The summed E-state index contributed by atoms with van der Waals surface area (Å²) >= 11 is 5.80. The first-order valence-electron chi connectivity index (χ1n) is 7.36. The van der Waals surface area contributed by atoms with Gasteiger partial charge in [0, 0.05) is 16.3 Å². The maximum absolute atomic E-state index is 11.8. The molecule has 8 nitrogen and oxygen atoms in total. The maximum atomic E-state index is 11.8. The third-order valence-corrected chi connectivity index (χ3v) is 3.18. The van der Waals surface area contributed by atoms with Crippen molar-refractivity contribution in [2.45, 2.75) is 0 Å². The molecule has 0 saturated carbocycles. The number of primary amides is 1. The summed E-state index contributed by atoms with van der Waals surface area (Å²) in [6.45, 7) is -0.292. The SMILES string of the molecule is NC(=O)COc1ccccc1/C=N\NC(=O)C(=O)Nc1cccc(Cl)c1. The normalized spacial score (nSPS) is 10.3. The highest BCUT2D eigenvalue weighted by molar-refractivity contribution is 6.39. The van der Waals surface area contributed by atoms with Crippen molar-refractivity contribution in [3.63, 3.8) is 0 Å². The summed E-state index contributed by atoms with van der Waals surface area (Å²) in [7, 11) is 0. The number of carbonyl (C=O) groups excluding carboxylic acids is 3. The zero-order valence-corrected chi connectivity index (χ0v) is 14.2. The molecular formula is C17H15ClN4O4. The number of nitrogens with one attached hydrogen (secondary N) is 2. The Kier molecular flexibility index (Phi) is 6.69. The second-order valence-corrected chi connectivity index (χ2v) is 5.39. The van der Waals surface area contributed by atoms with E-state index in [9.17, 15) is 14.4 Å². The van der Waals surface area contributed by atoms with Crippen LogP contribution in [0.3, 0.4) is 0 Å². The van der Waals surface area contributed by atoms with E-state index in [0.29, 0.717) is 22.0 Å². The van der Waals surface area contributed by atoms with Crippen molar-refractivity contribution < 1.29 is 19.1 Å². The monoisotopic (exact) mass is 374 g/mol. The average Bonchev–Trinajstić information content (AvgIpc) is 2.60. The lowest BCUT2D eigenvalue weighted by Crippen LogP contribution is -2.32. The molecule has 0 heterocycles. The van der Waals surface area contributed by atoms with Crippen LogP contribution in [0.4, 0.5) is 5.69 Å². The number of para-hydroxylation sites is 1. The fraction of sp³-hybridized carbons (Fsp3) is 0.0588. The molecule has 26 heavy (non-hydrogen) atoms. The Morgan fingerprint density at radius 1 is 1.12 bits per heavy atom. The minimum absolute atomic E-state index is 0.292. The van der Waals surface area contributed by atoms with Gasteiger partial charge >= 0.3 is 11.8 Å². The first kappa shape index (κ1) is 18.9. The summed E-state index contributed by atoms with van der Waals surface area (Å²) in [5, 5.41) is 6.52. The van der Waals surface area contributed by atoms with E-state index in [0.717, 1.165) is 0 Å². The molecule has 0 atom stereocenters. The smallest absolute Gasteiger partial charge is 0.329 e. The van der Waals surface area contributed by atoms with Crippen molar-refractivity contribution in [3.05, 3.63) is 59.1 Å². The van der Waals surface area contributed by atoms with Crippen LogP contribution in [0.15, 0.2) is 53.6 Å². The molecule has 0 unspecified atom stereocenters. The molecule has 4 N–H and O–H groups in total. The molecule has 0 aromatic heterocycles. The van der Waals surface area contributed by atoms with Crippen LogP contribution in [0.25, 0.3) is 0 Å². The molecule has 0 fully saturated rings. The number of anilines is 1. The van der Waals surface area contributed by atoms with Crippen molar-refractivity contribution in [1.29, 1.82) is 0 Å². The Morgan fingerprint density at radius 3 is 2.62 bits per heavy atom. The number of nitrogens with two attached hydrogens (primary N) is 1. The molecule has 2 rings (SSSR count). The summed E-state index contributed by atoms with van der Waals surface area (Å²) in [6.07, 6.45) is 1.28. The Balaban J connectivity index is 1.94. The van der Waals surface area contributed by atoms with Gasteiger partial charge in [-0.05, 0) is 30.3 Å². The Labute approximate surface area is 154 Å². The number of amides is 3. The van der Waals surface area contributed by atoms with Gasteiger partial charge in [0.15, 0.2) is 6.61 Å². The quantitative estimate of drug-likeness (QED) is 0.400. The lowest BCUT2D eigenvalue weighted by molar-refractivity contribution is -0.136. The van der Waals surface area contributed by atoms with Crippen LogP contribution in [0.2, 0.25) is 5.02 Å². The van der Waals surface area contributed by atoms with Crippen molar-refractivity contribution in [2.24, 2.45) is 10.8 Å². The number of hydrogen-bond acceptors (Lipinski definition) is 5. The average molecular weight is 375 g/mol. The van der Waals surface area contributed by atoms with Crippen LogP contribution in [0.5, 0.6) is 5.75 Å². The van der Waals surface area contributed by atoms with Crippen LogP contribution >= 0.6 is 11.6 Å². The van der Waals surface area contributed by atoms with Gasteiger partial charge < -0.3 is 15.8 Å². The predicted molar refractivity (Wildman–Crippen MR) is 96.9 cm³/mol. The topological polar surface area (TPSA) is 123 Å². The Morgan fingerprint density at radius 2 is 1.88 bits per heavy atom. The molecule has 0 bridgehead atoms. The molecule has 0 radical (unpaired) electrons. The third kappa shape index (κ3) is 5.91. The van der Waals surface area contributed by atoms with Gasteiger partial charge in [-0.1, -0.05) is 29.8 Å². The Hall–Kier alpha value is -3.39. The number of rotatable bonds is 6. The van der Waals surface area contributed by atoms with Gasteiger partial charge in [0.25, 0.3) is 5.91 Å². The van der Waals surface area contributed by atoms with Crippen LogP contribution < -0.4 is 21.2 Å². The number of ether oxygens (including phenoxy) is 1. The number of carbonyl (C=O) groups is 3. The highest BCUT2D eigenvalue weighted by Gasteiger charge is 2.13. The summed E-state index contributed by atoms with van der Waals surface area (Å²) in [5.41, 5.74) is 8.00. The van der Waals surface area contributed by atoms with E-state index in [2.05, 4.69) is 15.8 Å². The third-order valence-electron chi connectivity index (χ3n) is 2.95. The minimum atomic E-state index is -0.961. The van der Waals surface area contributed by atoms with Crippen molar-refractivity contribution in [3.8, 4) is 5.75 Å². The van der Waals surface area contributed by atoms with Gasteiger partial charge in [-0.25, -0.2) is 5.43 Å². The van der Waals surface area contributed by atoms with Crippen molar-refractivity contribution in [2.75, 3.05) is 11.9 Å². The van der Waals surface area contributed by atoms with Gasteiger partial charge in [0.05, 0.1) is 6.21 Å².